The molecule has 19 heavy (non-hydrogen) atoms. The molecule has 0 atom stereocenters. The minimum absolute atomic E-state index is 0.185. The van der Waals surface area contributed by atoms with Crippen LogP contribution in [0.2, 0.25) is 0 Å². The van der Waals surface area contributed by atoms with Crippen LogP contribution in [0.15, 0.2) is 31.6 Å². The summed E-state index contributed by atoms with van der Waals surface area (Å²) in [6.07, 6.45) is 0.887. The third-order valence-corrected chi connectivity index (χ3v) is 3.70. The van der Waals surface area contributed by atoms with Crippen molar-refractivity contribution in [2.75, 3.05) is 20.1 Å². The first-order chi connectivity index (χ1) is 9.11. The number of carbonyl (C=O) groups excluding carboxylic acids is 1. The fraction of sp³-hybridized carbons (Fsp3) is 0.308. The largest absolute Gasteiger partial charge is 0.450 e. The summed E-state index contributed by atoms with van der Waals surface area (Å²) in [6.45, 7) is 1.50. The minimum Gasteiger partial charge on any atom is -0.450 e. The van der Waals surface area contributed by atoms with Gasteiger partial charge in [0.05, 0.1) is 4.47 Å². The number of amides is 1. The second-order valence-corrected chi connectivity index (χ2v) is 5.90. The maximum absolute atomic E-state index is 11.9. The van der Waals surface area contributed by atoms with E-state index < -0.39 is 0 Å². The van der Waals surface area contributed by atoms with Crippen molar-refractivity contribution in [2.45, 2.75) is 6.42 Å². The molecule has 0 spiro atoms. The van der Waals surface area contributed by atoms with Crippen LogP contribution < -0.4 is 10.6 Å². The highest BCUT2D eigenvalue weighted by Crippen LogP contribution is 2.30. The average Bonchev–Trinajstić information content (AvgIpc) is 2.78. The van der Waals surface area contributed by atoms with E-state index in [1.54, 1.807) is 6.07 Å². The Hall–Kier alpha value is -0.850. The van der Waals surface area contributed by atoms with Crippen molar-refractivity contribution in [2.24, 2.45) is 0 Å². The van der Waals surface area contributed by atoms with Gasteiger partial charge in [-0.15, -0.1) is 0 Å². The normalized spacial score (nSPS) is 10.9. The second-order valence-electron chi connectivity index (χ2n) is 4.13. The van der Waals surface area contributed by atoms with Crippen LogP contribution in [0, 0.1) is 0 Å². The molecule has 2 rings (SSSR count). The predicted molar refractivity (Wildman–Crippen MR) is 82.5 cm³/mol. The minimum atomic E-state index is -0.185. The number of hydrogen-bond acceptors (Lipinski definition) is 3. The lowest BCUT2D eigenvalue weighted by molar-refractivity contribution is 0.0927. The molecule has 1 amide bonds. The smallest absolute Gasteiger partial charge is 0.287 e. The molecule has 1 aromatic carbocycles. The maximum atomic E-state index is 11.9. The summed E-state index contributed by atoms with van der Waals surface area (Å²) in [5.41, 5.74) is 0.684. The second kappa shape index (κ2) is 6.54. The quantitative estimate of drug-likeness (QED) is 0.771. The number of hydrogen-bond donors (Lipinski definition) is 2. The molecular formula is C13H14Br2N2O2. The lowest BCUT2D eigenvalue weighted by Crippen LogP contribution is -2.26. The Morgan fingerprint density at radius 2 is 2.05 bits per heavy atom. The number of rotatable bonds is 5. The molecule has 0 aliphatic heterocycles. The van der Waals surface area contributed by atoms with Gasteiger partial charge < -0.3 is 15.1 Å². The van der Waals surface area contributed by atoms with Gasteiger partial charge in [-0.3, -0.25) is 4.79 Å². The maximum Gasteiger partial charge on any atom is 0.287 e. The summed E-state index contributed by atoms with van der Waals surface area (Å²) in [6, 6.07) is 5.56. The molecule has 0 aliphatic carbocycles. The molecule has 0 unspecified atom stereocenters. The summed E-state index contributed by atoms with van der Waals surface area (Å²) in [4.78, 5) is 11.9. The van der Waals surface area contributed by atoms with Crippen molar-refractivity contribution >= 4 is 48.7 Å². The van der Waals surface area contributed by atoms with Crippen LogP contribution in [0.3, 0.4) is 0 Å². The van der Waals surface area contributed by atoms with Gasteiger partial charge in [-0.1, -0.05) is 15.9 Å². The van der Waals surface area contributed by atoms with Crippen LogP contribution in [-0.4, -0.2) is 26.0 Å². The lowest BCUT2D eigenvalue weighted by atomic mass is 10.2. The van der Waals surface area contributed by atoms with Crippen molar-refractivity contribution in [3.63, 3.8) is 0 Å². The van der Waals surface area contributed by atoms with Crippen LogP contribution in [0.4, 0.5) is 0 Å². The standard InChI is InChI=1S/C13H14Br2N2O2/c1-16-3-2-4-17-13(18)11-6-8-5-9(14)7-10(15)12(8)19-11/h5-7,16H,2-4H2,1H3,(H,17,18). The van der Waals surface area contributed by atoms with Crippen LogP contribution in [-0.2, 0) is 0 Å². The van der Waals surface area contributed by atoms with E-state index in [-0.39, 0.29) is 5.91 Å². The first-order valence-electron chi connectivity index (χ1n) is 5.93. The summed E-state index contributed by atoms with van der Waals surface area (Å²) < 4.78 is 7.34. The van der Waals surface area contributed by atoms with Crippen LogP contribution >= 0.6 is 31.9 Å². The zero-order chi connectivity index (χ0) is 13.8. The average molecular weight is 390 g/mol. The van der Waals surface area contributed by atoms with E-state index in [0.717, 1.165) is 27.3 Å². The van der Waals surface area contributed by atoms with Gasteiger partial charge in [0.1, 0.15) is 5.58 Å². The third kappa shape index (κ3) is 3.58. The summed E-state index contributed by atoms with van der Waals surface area (Å²) >= 11 is 6.83. The van der Waals surface area contributed by atoms with E-state index in [9.17, 15) is 4.79 Å². The van der Waals surface area contributed by atoms with E-state index in [2.05, 4.69) is 42.5 Å². The van der Waals surface area contributed by atoms with Gasteiger partial charge in [0.25, 0.3) is 5.91 Å². The predicted octanol–water partition coefficient (Wildman–Crippen LogP) is 3.30. The Labute approximate surface area is 128 Å². The Balaban J connectivity index is 2.12. The van der Waals surface area contributed by atoms with Gasteiger partial charge in [0.15, 0.2) is 5.76 Å². The van der Waals surface area contributed by atoms with E-state index >= 15 is 0 Å². The van der Waals surface area contributed by atoms with Crippen molar-refractivity contribution in [1.29, 1.82) is 0 Å². The van der Waals surface area contributed by atoms with Gasteiger partial charge in [-0.25, -0.2) is 0 Å². The number of carbonyl (C=O) groups is 1. The Morgan fingerprint density at radius 1 is 1.26 bits per heavy atom. The highest BCUT2D eigenvalue weighted by atomic mass is 79.9. The molecule has 2 aromatic rings. The molecule has 0 saturated carbocycles. The Kier molecular flexibility index (Phi) is 5.01. The van der Waals surface area contributed by atoms with Crippen molar-refractivity contribution < 1.29 is 9.21 Å². The van der Waals surface area contributed by atoms with Gasteiger partial charge in [-0.2, -0.15) is 0 Å². The molecule has 1 aromatic heterocycles. The Bertz CT molecular complexity index is 596. The highest BCUT2D eigenvalue weighted by Gasteiger charge is 2.13. The monoisotopic (exact) mass is 388 g/mol. The molecule has 0 bridgehead atoms. The molecule has 1 heterocycles. The van der Waals surface area contributed by atoms with Gasteiger partial charge >= 0.3 is 0 Å². The number of halogens is 2. The number of fused-ring (bicyclic) bond motifs is 1. The number of nitrogens with one attached hydrogen (secondary N) is 2. The van der Waals surface area contributed by atoms with Crippen molar-refractivity contribution in [3.05, 3.63) is 32.9 Å². The molecular weight excluding hydrogens is 376 g/mol. The Morgan fingerprint density at radius 3 is 2.79 bits per heavy atom. The first kappa shape index (κ1) is 14.6. The SMILES string of the molecule is CNCCCNC(=O)c1cc2cc(Br)cc(Br)c2o1. The van der Waals surface area contributed by atoms with Crippen molar-refractivity contribution in [3.8, 4) is 0 Å². The fourth-order valence-electron chi connectivity index (χ4n) is 1.74. The lowest BCUT2D eigenvalue weighted by Gasteiger charge is -2.01. The van der Waals surface area contributed by atoms with Gasteiger partial charge in [0, 0.05) is 16.4 Å². The van der Waals surface area contributed by atoms with Crippen LogP contribution in [0.1, 0.15) is 17.0 Å². The zero-order valence-electron chi connectivity index (χ0n) is 10.4. The topological polar surface area (TPSA) is 54.3 Å². The third-order valence-electron chi connectivity index (χ3n) is 2.65. The first-order valence-corrected chi connectivity index (χ1v) is 7.52. The highest BCUT2D eigenvalue weighted by molar-refractivity contribution is 9.11. The summed E-state index contributed by atoms with van der Waals surface area (Å²) in [5.74, 6) is 0.147. The van der Waals surface area contributed by atoms with Gasteiger partial charge in [-0.05, 0) is 54.1 Å². The fourth-order valence-corrected chi connectivity index (χ4v) is 3.08. The molecule has 0 saturated heterocycles. The van der Waals surface area contributed by atoms with Crippen LogP contribution in [0.5, 0.6) is 0 Å². The van der Waals surface area contributed by atoms with Gasteiger partial charge in [0.2, 0.25) is 0 Å². The molecule has 0 radical (unpaired) electrons. The summed E-state index contributed by atoms with van der Waals surface area (Å²) in [5, 5.41) is 6.75. The van der Waals surface area contributed by atoms with E-state index in [1.807, 2.05) is 19.2 Å². The zero-order valence-corrected chi connectivity index (χ0v) is 13.6. The molecule has 2 N–H and O–H groups in total. The number of furan rings is 1. The van der Waals surface area contributed by atoms with Crippen LogP contribution in [0.25, 0.3) is 11.0 Å². The molecule has 0 fully saturated rings. The molecule has 0 aliphatic rings. The van der Waals surface area contributed by atoms with E-state index in [1.165, 1.54) is 0 Å². The molecule has 6 heteroatoms. The number of benzene rings is 1. The summed E-state index contributed by atoms with van der Waals surface area (Å²) in [7, 11) is 1.89. The van der Waals surface area contributed by atoms with Crippen molar-refractivity contribution in [1.82, 2.24) is 10.6 Å². The molecule has 102 valence electrons. The van der Waals surface area contributed by atoms with E-state index in [4.69, 9.17) is 4.42 Å². The molecule has 4 nitrogen and oxygen atoms in total. The van der Waals surface area contributed by atoms with E-state index in [0.29, 0.717) is 17.9 Å².